The topological polar surface area (TPSA) is 125 Å². The molecule has 1 unspecified atom stereocenters. The Labute approximate surface area is 272 Å². The summed E-state index contributed by atoms with van der Waals surface area (Å²) < 4.78 is 10.9. The summed E-state index contributed by atoms with van der Waals surface area (Å²) in [7, 11) is 1.80. The van der Waals surface area contributed by atoms with Crippen molar-refractivity contribution in [3.63, 3.8) is 0 Å². The van der Waals surface area contributed by atoms with E-state index < -0.39 is 5.60 Å². The molecular weight excluding hydrogens is 606 g/mol. The van der Waals surface area contributed by atoms with E-state index in [1.54, 1.807) is 33.6 Å². The Morgan fingerprint density at radius 2 is 1.89 bits per heavy atom. The molecule has 12 nitrogen and oxygen atoms in total. The standard InChI is InChI=1S/C33H40ClN9O3/c1-8-42-30-24(17-43(39-30)21-11-13-41(14-12-21)32(45)46-33(4,5)6)27-22(15-19(2)16-23(27)31(42)44)20(3)36-25-9-10-26(34)37-28(25)29-35-18-40(7)38-29/h9-10,15-18,20-21,36H,8,11-14H2,1-7H3. The van der Waals surface area contributed by atoms with E-state index in [0.29, 0.717) is 47.3 Å². The van der Waals surface area contributed by atoms with E-state index in [0.717, 1.165) is 40.4 Å². The number of carbonyl (C=O) groups is 1. The largest absolute Gasteiger partial charge is 0.444 e. The number of halogens is 1. The van der Waals surface area contributed by atoms with Crippen molar-refractivity contribution in [3.05, 3.63) is 63.4 Å². The summed E-state index contributed by atoms with van der Waals surface area (Å²) in [6, 6.07) is 7.54. The first-order valence-corrected chi connectivity index (χ1v) is 16.0. The normalized spacial score (nSPS) is 15.1. The van der Waals surface area contributed by atoms with Gasteiger partial charge < -0.3 is 15.0 Å². The molecule has 0 saturated carbocycles. The molecule has 0 radical (unpaired) electrons. The average Bonchev–Trinajstić information content (AvgIpc) is 3.64. The number of hydrogen-bond acceptors (Lipinski definition) is 8. The molecule has 0 aliphatic carbocycles. The number of hydrogen-bond donors (Lipinski definition) is 1. The number of rotatable bonds is 6. The molecule has 242 valence electrons. The minimum atomic E-state index is -0.540. The highest BCUT2D eigenvalue weighted by Gasteiger charge is 2.29. The van der Waals surface area contributed by atoms with Crippen LogP contribution in [0.1, 0.15) is 70.7 Å². The SMILES string of the molecule is CCn1c(=O)c2cc(C)cc(C(C)Nc3ccc(Cl)nc3-c3ncn(C)n3)c2c2cn(C3CCN(C(=O)OC(C)(C)C)CC3)nc21. The van der Waals surface area contributed by atoms with Gasteiger partial charge in [0.15, 0.2) is 5.65 Å². The van der Waals surface area contributed by atoms with E-state index in [2.05, 4.69) is 39.6 Å². The lowest BCUT2D eigenvalue weighted by atomic mass is 9.95. The fourth-order valence-electron chi connectivity index (χ4n) is 6.23. The van der Waals surface area contributed by atoms with E-state index in [-0.39, 0.29) is 23.7 Å². The van der Waals surface area contributed by atoms with Gasteiger partial charge in [-0.3, -0.25) is 18.7 Å². The van der Waals surface area contributed by atoms with E-state index in [1.807, 2.05) is 51.4 Å². The van der Waals surface area contributed by atoms with Crippen molar-refractivity contribution in [2.75, 3.05) is 18.4 Å². The van der Waals surface area contributed by atoms with Crippen LogP contribution >= 0.6 is 11.6 Å². The number of benzene rings is 1. The van der Waals surface area contributed by atoms with Crippen molar-refractivity contribution in [2.45, 2.75) is 78.6 Å². The summed E-state index contributed by atoms with van der Waals surface area (Å²) in [6.45, 7) is 13.3. The summed E-state index contributed by atoms with van der Waals surface area (Å²) in [4.78, 5) is 37.3. The molecule has 5 aromatic rings. The van der Waals surface area contributed by atoms with Gasteiger partial charge in [-0.2, -0.15) is 5.10 Å². The number of nitrogens with zero attached hydrogens (tertiary/aromatic N) is 8. The lowest BCUT2D eigenvalue weighted by Crippen LogP contribution is -2.42. The lowest BCUT2D eigenvalue weighted by Gasteiger charge is -2.33. The number of nitrogens with one attached hydrogen (secondary N) is 1. The van der Waals surface area contributed by atoms with Crippen LogP contribution in [0.3, 0.4) is 0 Å². The molecule has 13 heteroatoms. The van der Waals surface area contributed by atoms with Crippen molar-refractivity contribution in [3.8, 4) is 11.5 Å². The highest BCUT2D eigenvalue weighted by atomic mass is 35.5. The highest BCUT2D eigenvalue weighted by Crippen LogP contribution is 2.35. The van der Waals surface area contributed by atoms with E-state index in [9.17, 15) is 9.59 Å². The average molecular weight is 646 g/mol. The van der Waals surface area contributed by atoms with Crippen LogP contribution in [0.25, 0.3) is 33.3 Å². The van der Waals surface area contributed by atoms with Crippen LogP contribution in [0.4, 0.5) is 10.5 Å². The lowest BCUT2D eigenvalue weighted by molar-refractivity contribution is 0.0185. The first-order valence-electron chi connectivity index (χ1n) is 15.7. The Kier molecular flexibility index (Phi) is 8.26. The van der Waals surface area contributed by atoms with E-state index >= 15 is 0 Å². The number of pyridine rings is 2. The number of aryl methyl sites for hydroxylation is 3. The van der Waals surface area contributed by atoms with Crippen LogP contribution in [-0.4, -0.2) is 63.8 Å². The number of carbonyl (C=O) groups excluding carboxylic acids is 1. The first kappa shape index (κ1) is 31.5. The number of amides is 1. The molecule has 0 spiro atoms. The Balaban J connectivity index is 1.40. The third kappa shape index (κ3) is 6.05. The maximum atomic E-state index is 13.9. The molecule has 1 amide bonds. The second kappa shape index (κ2) is 12.1. The summed E-state index contributed by atoms with van der Waals surface area (Å²) in [6.07, 6.45) is 4.86. The van der Waals surface area contributed by atoms with Gasteiger partial charge in [-0.15, -0.1) is 5.10 Å². The Morgan fingerprint density at radius 1 is 1.15 bits per heavy atom. The van der Waals surface area contributed by atoms with Crippen LogP contribution < -0.4 is 10.9 Å². The number of piperidine rings is 1. The van der Waals surface area contributed by atoms with Crippen molar-refractivity contribution < 1.29 is 9.53 Å². The molecule has 1 saturated heterocycles. The minimum absolute atomic E-state index is 0.0707. The fourth-order valence-corrected chi connectivity index (χ4v) is 6.37. The van der Waals surface area contributed by atoms with Crippen LogP contribution in [0.15, 0.2) is 41.6 Å². The van der Waals surface area contributed by atoms with Gasteiger partial charge in [0.2, 0.25) is 5.82 Å². The molecule has 1 fully saturated rings. The molecule has 4 aromatic heterocycles. The fraction of sp³-hybridized carbons (Fsp3) is 0.455. The molecule has 1 aliphatic rings. The second-order valence-electron chi connectivity index (χ2n) is 13.0. The van der Waals surface area contributed by atoms with Crippen LogP contribution in [0.2, 0.25) is 5.15 Å². The third-order valence-electron chi connectivity index (χ3n) is 8.34. The Morgan fingerprint density at radius 3 is 2.54 bits per heavy atom. The van der Waals surface area contributed by atoms with Gasteiger partial charge in [-0.25, -0.2) is 14.8 Å². The maximum Gasteiger partial charge on any atom is 0.410 e. The van der Waals surface area contributed by atoms with Gasteiger partial charge in [-0.1, -0.05) is 17.7 Å². The predicted octanol–water partition coefficient (Wildman–Crippen LogP) is 6.27. The smallest absolute Gasteiger partial charge is 0.410 e. The zero-order chi connectivity index (χ0) is 32.9. The number of likely N-dealkylation sites (tertiary alicyclic amines) is 1. The zero-order valence-electron chi connectivity index (χ0n) is 27.3. The van der Waals surface area contributed by atoms with E-state index in [1.165, 1.54) is 0 Å². The van der Waals surface area contributed by atoms with Crippen molar-refractivity contribution in [2.24, 2.45) is 7.05 Å². The van der Waals surface area contributed by atoms with E-state index in [4.69, 9.17) is 21.4 Å². The predicted molar refractivity (Wildman–Crippen MR) is 179 cm³/mol. The van der Waals surface area contributed by atoms with Gasteiger partial charge in [0.25, 0.3) is 5.56 Å². The molecule has 46 heavy (non-hydrogen) atoms. The summed E-state index contributed by atoms with van der Waals surface area (Å²) in [5.41, 5.74) is 3.26. The highest BCUT2D eigenvalue weighted by molar-refractivity contribution is 6.29. The first-order chi connectivity index (χ1) is 21.8. The van der Waals surface area contributed by atoms with Crippen molar-refractivity contribution in [1.29, 1.82) is 0 Å². The van der Waals surface area contributed by atoms with Crippen molar-refractivity contribution >= 4 is 45.2 Å². The molecule has 0 bridgehead atoms. The zero-order valence-corrected chi connectivity index (χ0v) is 28.1. The molecule has 6 rings (SSSR count). The van der Waals surface area contributed by atoms with Crippen LogP contribution in [0.5, 0.6) is 0 Å². The number of aromatic nitrogens is 7. The Bertz CT molecular complexity index is 2000. The summed E-state index contributed by atoms with van der Waals surface area (Å²) in [5, 5.41) is 15.8. The van der Waals surface area contributed by atoms with Gasteiger partial charge in [0.1, 0.15) is 22.8 Å². The number of anilines is 1. The van der Waals surface area contributed by atoms with Gasteiger partial charge in [0, 0.05) is 55.1 Å². The molecule has 1 atom stereocenters. The monoisotopic (exact) mass is 645 g/mol. The van der Waals surface area contributed by atoms with Crippen molar-refractivity contribution in [1.82, 2.24) is 39.0 Å². The van der Waals surface area contributed by atoms with Gasteiger partial charge in [0.05, 0.1) is 11.7 Å². The number of ether oxygens (including phenoxy) is 1. The molecule has 1 aromatic carbocycles. The third-order valence-corrected chi connectivity index (χ3v) is 8.55. The second-order valence-corrected chi connectivity index (χ2v) is 13.4. The molecule has 1 N–H and O–H groups in total. The quantitative estimate of drug-likeness (QED) is 0.214. The summed E-state index contributed by atoms with van der Waals surface area (Å²) >= 11 is 6.28. The molecule has 1 aliphatic heterocycles. The maximum absolute atomic E-state index is 13.9. The summed E-state index contributed by atoms with van der Waals surface area (Å²) in [5.74, 6) is 0.459. The Hall–Kier alpha value is -4.45. The molecular formula is C33H40ClN9O3. The molecule has 5 heterocycles. The van der Waals surface area contributed by atoms with Gasteiger partial charge >= 0.3 is 6.09 Å². The van der Waals surface area contributed by atoms with Gasteiger partial charge in [-0.05, 0) is 83.7 Å². The minimum Gasteiger partial charge on any atom is -0.444 e. The van der Waals surface area contributed by atoms with Crippen LogP contribution in [0, 0.1) is 6.92 Å². The number of fused-ring (bicyclic) bond motifs is 3. The van der Waals surface area contributed by atoms with Crippen LogP contribution in [-0.2, 0) is 18.3 Å².